The SMILES string of the molecule is CC(C)CCNC(=O)CNc1cccc(F)c1F. The molecule has 0 bridgehead atoms. The third-order valence-electron chi connectivity index (χ3n) is 2.43. The van der Waals surface area contributed by atoms with Gasteiger partial charge in [-0.3, -0.25) is 4.79 Å². The fourth-order valence-electron chi connectivity index (χ4n) is 1.38. The number of carbonyl (C=O) groups excluding carboxylic acids is 1. The Kier molecular flexibility index (Phi) is 5.55. The minimum absolute atomic E-state index is 0.00555. The van der Waals surface area contributed by atoms with Crippen LogP contribution in [0.15, 0.2) is 18.2 Å². The van der Waals surface area contributed by atoms with Gasteiger partial charge in [0.05, 0.1) is 12.2 Å². The Balaban J connectivity index is 2.36. The highest BCUT2D eigenvalue weighted by molar-refractivity contribution is 5.80. The first-order valence-corrected chi connectivity index (χ1v) is 5.95. The Bertz CT molecular complexity index is 408. The van der Waals surface area contributed by atoms with Gasteiger partial charge in [-0.1, -0.05) is 19.9 Å². The second kappa shape index (κ2) is 6.93. The van der Waals surface area contributed by atoms with Gasteiger partial charge in [0.2, 0.25) is 5.91 Å². The number of hydrogen-bond donors (Lipinski definition) is 2. The summed E-state index contributed by atoms with van der Waals surface area (Å²) in [6.45, 7) is 4.64. The van der Waals surface area contributed by atoms with Gasteiger partial charge in [-0.15, -0.1) is 0 Å². The number of carbonyl (C=O) groups is 1. The zero-order valence-electron chi connectivity index (χ0n) is 10.6. The summed E-state index contributed by atoms with van der Waals surface area (Å²) in [5.41, 5.74) is -0.00555. The molecule has 0 radical (unpaired) electrons. The van der Waals surface area contributed by atoms with E-state index in [9.17, 15) is 13.6 Å². The number of benzene rings is 1. The first-order chi connectivity index (χ1) is 8.50. The Labute approximate surface area is 106 Å². The quantitative estimate of drug-likeness (QED) is 0.821. The average Bonchev–Trinajstić information content (AvgIpc) is 2.30. The summed E-state index contributed by atoms with van der Waals surface area (Å²) in [6.07, 6.45) is 0.889. The molecule has 1 aromatic rings. The van der Waals surface area contributed by atoms with Crippen LogP contribution in [0.1, 0.15) is 20.3 Å². The predicted molar refractivity (Wildman–Crippen MR) is 67.3 cm³/mol. The minimum atomic E-state index is -0.965. The minimum Gasteiger partial charge on any atom is -0.374 e. The van der Waals surface area contributed by atoms with Gasteiger partial charge in [0.15, 0.2) is 11.6 Å². The van der Waals surface area contributed by atoms with Gasteiger partial charge >= 0.3 is 0 Å². The van der Waals surface area contributed by atoms with Crippen LogP contribution in [0, 0.1) is 17.6 Å². The number of rotatable bonds is 6. The summed E-state index contributed by atoms with van der Waals surface area (Å²) in [5, 5.41) is 5.27. The molecule has 0 aromatic heterocycles. The molecular formula is C13H18F2N2O. The number of anilines is 1. The van der Waals surface area contributed by atoms with Crippen molar-refractivity contribution in [2.45, 2.75) is 20.3 Å². The number of amides is 1. The third kappa shape index (κ3) is 4.69. The highest BCUT2D eigenvalue weighted by Gasteiger charge is 2.08. The standard InChI is InChI=1S/C13H18F2N2O/c1-9(2)6-7-16-12(18)8-17-11-5-3-4-10(14)13(11)15/h3-5,9,17H,6-8H2,1-2H3,(H,16,18). The van der Waals surface area contributed by atoms with E-state index in [0.29, 0.717) is 12.5 Å². The number of nitrogens with one attached hydrogen (secondary N) is 2. The van der Waals surface area contributed by atoms with Crippen molar-refractivity contribution in [3.8, 4) is 0 Å². The second-order valence-corrected chi connectivity index (χ2v) is 4.49. The van der Waals surface area contributed by atoms with E-state index in [2.05, 4.69) is 24.5 Å². The maximum absolute atomic E-state index is 13.2. The molecule has 100 valence electrons. The van der Waals surface area contributed by atoms with Gasteiger partial charge in [-0.25, -0.2) is 8.78 Å². The Hall–Kier alpha value is -1.65. The summed E-state index contributed by atoms with van der Waals surface area (Å²) in [7, 11) is 0. The molecule has 0 aliphatic carbocycles. The van der Waals surface area contributed by atoms with Crippen molar-refractivity contribution in [2.24, 2.45) is 5.92 Å². The Morgan fingerprint density at radius 3 is 2.72 bits per heavy atom. The summed E-state index contributed by atoms with van der Waals surface area (Å²) in [4.78, 5) is 11.4. The van der Waals surface area contributed by atoms with Gasteiger partial charge in [0.25, 0.3) is 0 Å². The van der Waals surface area contributed by atoms with E-state index in [1.165, 1.54) is 12.1 Å². The van der Waals surface area contributed by atoms with Crippen LogP contribution in [0.25, 0.3) is 0 Å². The van der Waals surface area contributed by atoms with Crippen LogP contribution < -0.4 is 10.6 Å². The van der Waals surface area contributed by atoms with Crippen molar-refractivity contribution >= 4 is 11.6 Å². The monoisotopic (exact) mass is 256 g/mol. The van der Waals surface area contributed by atoms with Crippen LogP contribution >= 0.6 is 0 Å². The van der Waals surface area contributed by atoms with E-state index < -0.39 is 11.6 Å². The predicted octanol–water partition coefficient (Wildman–Crippen LogP) is 2.54. The lowest BCUT2D eigenvalue weighted by Gasteiger charge is -2.09. The summed E-state index contributed by atoms with van der Waals surface area (Å²) in [6, 6.07) is 3.81. The third-order valence-corrected chi connectivity index (χ3v) is 2.43. The summed E-state index contributed by atoms with van der Waals surface area (Å²) >= 11 is 0. The maximum atomic E-state index is 13.2. The van der Waals surface area contributed by atoms with Gasteiger partial charge in [-0.05, 0) is 24.5 Å². The fourth-order valence-corrected chi connectivity index (χ4v) is 1.38. The van der Waals surface area contributed by atoms with Gasteiger partial charge in [0.1, 0.15) is 0 Å². The lowest BCUT2D eigenvalue weighted by Crippen LogP contribution is -2.31. The zero-order chi connectivity index (χ0) is 13.5. The molecule has 5 heteroatoms. The lowest BCUT2D eigenvalue weighted by atomic mass is 10.1. The Morgan fingerprint density at radius 2 is 2.06 bits per heavy atom. The summed E-state index contributed by atoms with van der Waals surface area (Å²) in [5.74, 6) is -1.62. The Morgan fingerprint density at radius 1 is 1.33 bits per heavy atom. The number of halogens is 2. The van der Waals surface area contributed by atoms with Crippen molar-refractivity contribution in [2.75, 3.05) is 18.4 Å². The first-order valence-electron chi connectivity index (χ1n) is 5.95. The molecule has 0 aliphatic heterocycles. The molecule has 2 N–H and O–H groups in total. The van der Waals surface area contributed by atoms with Crippen molar-refractivity contribution in [1.82, 2.24) is 5.32 Å². The maximum Gasteiger partial charge on any atom is 0.239 e. The molecule has 0 saturated carbocycles. The highest BCUT2D eigenvalue weighted by atomic mass is 19.2. The molecule has 0 spiro atoms. The van der Waals surface area contributed by atoms with Crippen LogP contribution in [0.5, 0.6) is 0 Å². The first kappa shape index (κ1) is 14.4. The van der Waals surface area contributed by atoms with Crippen LogP contribution in [0.3, 0.4) is 0 Å². The average molecular weight is 256 g/mol. The van der Waals surface area contributed by atoms with Crippen LogP contribution in [0.2, 0.25) is 0 Å². The van der Waals surface area contributed by atoms with Crippen molar-refractivity contribution in [1.29, 1.82) is 0 Å². The fraction of sp³-hybridized carbons (Fsp3) is 0.462. The molecule has 1 amide bonds. The molecule has 3 nitrogen and oxygen atoms in total. The molecule has 0 heterocycles. The molecular weight excluding hydrogens is 238 g/mol. The van der Waals surface area contributed by atoms with E-state index in [1.807, 2.05) is 0 Å². The van der Waals surface area contributed by atoms with Gasteiger partial charge in [-0.2, -0.15) is 0 Å². The summed E-state index contributed by atoms with van der Waals surface area (Å²) < 4.78 is 26.1. The lowest BCUT2D eigenvalue weighted by molar-refractivity contribution is -0.119. The largest absolute Gasteiger partial charge is 0.374 e. The molecule has 1 aromatic carbocycles. The van der Waals surface area contributed by atoms with Crippen molar-refractivity contribution in [3.63, 3.8) is 0 Å². The molecule has 0 saturated heterocycles. The smallest absolute Gasteiger partial charge is 0.239 e. The van der Waals surface area contributed by atoms with Crippen molar-refractivity contribution < 1.29 is 13.6 Å². The van der Waals surface area contributed by atoms with E-state index in [1.54, 1.807) is 0 Å². The molecule has 0 aliphatic rings. The van der Waals surface area contributed by atoms with Gasteiger partial charge in [0, 0.05) is 6.54 Å². The zero-order valence-corrected chi connectivity index (χ0v) is 10.6. The van der Waals surface area contributed by atoms with Crippen LogP contribution in [-0.2, 0) is 4.79 Å². The molecule has 1 rings (SSSR count). The van der Waals surface area contributed by atoms with Crippen molar-refractivity contribution in [3.05, 3.63) is 29.8 Å². The number of hydrogen-bond acceptors (Lipinski definition) is 2. The van der Waals surface area contributed by atoms with E-state index in [4.69, 9.17) is 0 Å². The van der Waals surface area contributed by atoms with Gasteiger partial charge < -0.3 is 10.6 Å². The molecule has 0 atom stereocenters. The van der Waals surface area contributed by atoms with E-state index in [-0.39, 0.29) is 18.1 Å². The normalized spacial score (nSPS) is 10.5. The topological polar surface area (TPSA) is 41.1 Å². The van der Waals surface area contributed by atoms with E-state index >= 15 is 0 Å². The molecule has 0 fully saturated rings. The molecule has 18 heavy (non-hydrogen) atoms. The van der Waals surface area contributed by atoms with E-state index in [0.717, 1.165) is 12.5 Å². The van der Waals surface area contributed by atoms with Crippen LogP contribution in [-0.4, -0.2) is 19.0 Å². The second-order valence-electron chi connectivity index (χ2n) is 4.49. The van der Waals surface area contributed by atoms with Crippen LogP contribution in [0.4, 0.5) is 14.5 Å². The highest BCUT2D eigenvalue weighted by Crippen LogP contribution is 2.15. The molecule has 0 unspecified atom stereocenters.